The summed E-state index contributed by atoms with van der Waals surface area (Å²) < 4.78 is 6.25. The quantitative estimate of drug-likeness (QED) is 0.420. The van der Waals surface area contributed by atoms with E-state index in [1.807, 2.05) is 0 Å². The number of hydrogen-bond acceptors (Lipinski definition) is 4. The highest BCUT2D eigenvalue weighted by Crippen LogP contribution is 2.33. The molecule has 3 amide bonds. The normalized spacial score (nSPS) is 31.2. The lowest BCUT2D eigenvalue weighted by molar-refractivity contribution is -0.124. The topological polar surface area (TPSA) is 75.7 Å². The highest BCUT2D eigenvalue weighted by molar-refractivity contribution is 7.49. The second kappa shape index (κ2) is 9.43. The van der Waals surface area contributed by atoms with Gasteiger partial charge in [0.1, 0.15) is 16.3 Å². The van der Waals surface area contributed by atoms with E-state index in [9.17, 15) is 14.4 Å². The van der Waals surface area contributed by atoms with Gasteiger partial charge in [-0.1, -0.05) is 32.3 Å². The zero-order valence-electron chi connectivity index (χ0n) is 17.5. The van der Waals surface area contributed by atoms with Gasteiger partial charge in [0.15, 0.2) is 0 Å². The summed E-state index contributed by atoms with van der Waals surface area (Å²) in [5.74, 6) is 0.564. The fourth-order valence-electron chi connectivity index (χ4n) is 4.94. The Morgan fingerprint density at radius 2 is 1.93 bits per heavy atom. The Kier molecular flexibility index (Phi) is 6.68. The Morgan fingerprint density at radius 3 is 2.70 bits per heavy atom. The molecule has 0 spiro atoms. The molecule has 4 rings (SSSR count). The van der Waals surface area contributed by atoms with Crippen LogP contribution in [0.25, 0.3) is 0 Å². The van der Waals surface area contributed by atoms with Gasteiger partial charge in [-0.3, -0.25) is 9.59 Å². The van der Waals surface area contributed by atoms with Gasteiger partial charge in [0.2, 0.25) is 0 Å². The summed E-state index contributed by atoms with van der Waals surface area (Å²) in [5, 5.41) is 3.95. The molecule has 2 saturated carbocycles. The average Bonchev–Trinajstić information content (AvgIpc) is 3.37. The maximum atomic E-state index is 12.7. The van der Waals surface area contributed by atoms with Crippen LogP contribution in [0.5, 0.6) is 0 Å². The number of rotatable bonds is 5. The van der Waals surface area contributed by atoms with Crippen LogP contribution in [0.4, 0.5) is 4.79 Å². The van der Waals surface area contributed by atoms with Crippen molar-refractivity contribution in [2.45, 2.75) is 64.4 Å². The molecule has 1 N–H and O–H groups in total. The zero-order valence-corrected chi connectivity index (χ0v) is 18.4. The van der Waals surface area contributed by atoms with Crippen molar-refractivity contribution in [3.63, 3.8) is 0 Å². The highest BCUT2D eigenvalue weighted by Gasteiger charge is 2.42. The minimum absolute atomic E-state index is 0.0888. The van der Waals surface area contributed by atoms with Gasteiger partial charge in [0.25, 0.3) is 11.8 Å². The van der Waals surface area contributed by atoms with Crippen LogP contribution in [0.1, 0.15) is 58.3 Å². The number of hydrogen-bond donors (Lipinski definition) is 1. The number of thiophene rings is 1. The number of ether oxygens (including phenoxy) is 1. The third-order valence-electron chi connectivity index (χ3n) is 6.52. The summed E-state index contributed by atoms with van der Waals surface area (Å²) in [5.41, 5.74) is 2.53. The van der Waals surface area contributed by atoms with E-state index < -0.39 is 27.5 Å². The Labute approximate surface area is 180 Å². The van der Waals surface area contributed by atoms with Crippen molar-refractivity contribution in [1.29, 1.82) is 0 Å². The second-order valence-electron chi connectivity index (χ2n) is 8.98. The average molecular weight is 432 g/mol. The van der Waals surface area contributed by atoms with Crippen molar-refractivity contribution in [1.82, 2.24) is 10.4 Å². The van der Waals surface area contributed by atoms with E-state index >= 15 is 0 Å². The molecule has 7 heteroatoms. The maximum absolute atomic E-state index is 12.7. The van der Waals surface area contributed by atoms with E-state index in [4.69, 9.17) is 4.74 Å². The van der Waals surface area contributed by atoms with Crippen molar-refractivity contribution >= 4 is 27.5 Å². The van der Waals surface area contributed by atoms with Gasteiger partial charge in [-0.2, -0.15) is 0 Å². The SMILES string of the molecule is CC1CCCC(COC2CCCC(/C=C3\C(=O)NN(C(=O)[s+]4cccc4)C3=O)C2)C1. The van der Waals surface area contributed by atoms with E-state index in [1.54, 1.807) is 29.0 Å². The van der Waals surface area contributed by atoms with Gasteiger partial charge in [-0.25, -0.2) is 10.2 Å². The Hall–Kier alpha value is -1.99. The van der Waals surface area contributed by atoms with Crippen LogP contribution in [-0.2, 0) is 14.3 Å². The van der Waals surface area contributed by atoms with Gasteiger partial charge < -0.3 is 4.74 Å². The van der Waals surface area contributed by atoms with Crippen LogP contribution in [0.15, 0.2) is 34.5 Å². The Morgan fingerprint density at radius 1 is 1.17 bits per heavy atom. The fraction of sp³-hybridized carbons (Fsp3) is 0.609. The van der Waals surface area contributed by atoms with E-state index in [0.717, 1.165) is 43.2 Å². The van der Waals surface area contributed by atoms with E-state index in [0.29, 0.717) is 5.92 Å². The molecule has 3 fully saturated rings. The maximum Gasteiger partial charge on any atom is 0.484 e. The molecule has 30 heavy (non-hydrogen) atoms. The molecule has 1 aliphatic heterocycles. The molecule has 2 aliphatic carbocycles. The monoisotopic (exact) mass is 431 g/mol. The van der Waals surface area contributed by atoms with Crippen LogP contribution < -0.4 is 5.43 Å². The molecule has 162 valence electrons. The number of nitrogens with zero attached hydrogens (tertiary/aromatic N) is 1. The molecule has 0 bridgehead atoms. The summed E-state index contributed by atoms with van der Waals surface area (Å²) >= 11 is 0. The summed E-state index contributed by atoms with van der Waals surface area (Å²) in [7, 11) is -0.790. The number of allylic oxidation sites excluding steroid dienone is 1. The van der Waals surface area contributed by atoms with Crippen LogP contribution >= 0.6 is 10.5 Å². The molecule has 0 radical (unpaired) electrons. The van der Waals surface area contributed by atoms with Crippen LogP contribution in [0, 0.1) is 17.8 Å². The Balaban J connectivity index is 1.34. The largest absolute Gasteiger partial charge is 0.484 e. The first-order chi connectivity index (χ1) is 14.5. The molecule has 4 atom stereocenters. The minimum Gasteiger partial charge on any atom is -0.378 e. The molecule has 3 aliphatic rings. The lowest BCUT2D eigenvalue weighted by Crippen LogP contribution is -2.38. The second-order valence-corrected chi connectivity index (χ2v) is 10.6. The van der Waals surface area contributed by atoms with Crippen molar-refractivity contribution in [3.8, 4) is 0 Å². The number of hydrazine groups is 1. The first-order valence-electron chi connectivity index (χ1n) is 11.1. The van der Waals surface area contributed by atoms with Gasteiger partial charge >= 0.3 is 5.24 Å². The third-order valence-corrected chi connectivity index (χ3v) is 8.01. The predicted octanol–water partition coefficient (Wildman–Crippen LogP) is 4.61. The predicted molar refractivity (Wildman–Crippen MR) is 116 cm³/mol. The Bertz CT molecular complexity index is 819. The molecule has 0 aromatic carbocycles. The number of amides is 3. The van der Waals surface area contributed by atoms with Gasteiger partial charge in [-0.15, -0.1) is 5.01 Å². The van der Waals surface area contributed by atoms with Gasteiger partial charge in [-0.05, 0) is 62.0 Å². The van der Waals surface area contributed by atoms with Gasteiger partial charge in [0.05, 0.1) is 16.6 Å². The van der Waals surface area contributed by atoms with Crippen LogP contribution in [0.3, 0.4) is 0 Å². The first kappa shape index (κ1) is 21.2. The van der Waals surface area contributed by atoms with Crippen LogP contribution in [-0.4, -0.2) is 34.8 Å². The lowest BCUT2D eigenvalue weighted by Gasteiger charge is -2.31. The van der Waals surface area contributed by atoms with Crippen molar-refractivity contribution < 1.29 is 19.1 Å². The van der Waals surface area contributed by atoms with Crippen molar-refractivity contribution in [2.75, 3.05) is 6.61 Å². The molecule has 1 aromatic heterocycles. The van der Waals surface area contributed by atoms with Crippen molar-refractivity contribution in [2.24, 2.45) is 17.8 Å². The summed E-state index contributed by atoms with van der Waals surface area (Å²) in [4.78, 5) is 37.6. The molecule has 1 aromatic rings. The van der Waals surface area contributed by atoms with Gasteiger partial charge in [0, 0.05) is 6.61 Å². The smallest absolute Gasteiger partial charge is 0.378 e. The number of carbonyl (C=O) groups excluding carboxylic acids is 3. The number of nitrogens with one attached hydrogen (secondary N) is 1. The fourth-order valence-corrected chi connectivity index (χ4v) is 6.12. The van der Waals surface area contributed by atoms with E-state index in [-0.39, 0.29) is 17.6 Å². The molecule has 6 nitrogen and oxygen atoms in total. The van der Waals surface area contributed by atoms with E-state index in [1.165, 1.54) is 25.7 Å². The zero-order chi connectivity index (χ0) is 21.1. The highest BCUT2D eigenvalue weighted by atomic mass is 32.2. The summed E-state index contributed by atoms with van der Waals surface area (Å²) in [6, 6.07) is 3.55. The standard InChI is InChI=1S/C23H30N2O4S/c1-16-6-4-8-18(12-16)15-29-19-9-5-7-17(13-19)14-20-21(26)24-25(22(20)27)23(28)30-10-2-3-11-30/h2-3,10-11,14,16-19H,4-9,12-13,15H2,1H3/p+1/b20-14+. The number of carbonyl (C=O) groups is 3. The molecular formula is C23H31N2O4S+. The summed E-state index contributed by atoms with van der Waals surface area (Å²) in [6.45, 7) is 3.15. The van der Waals surface area contributed by atoms with Crippen LogP contribution in [0.2, 0.25) is 0 Å². The number of imide groups is 1. The lowest BCUT2D eigenvalue weighted by atomic mass is 9.82. The molecular weight excluding hydrogens is 400 g/mol. The molecule has 2 heterocycles. The van der Waals surface area contributed by atoms with E-state index in [2.05, 4.69) is 12.3 Å². The summed E-state index contributed by atoms with van der Waals surface area (Å²) in [6.07, 6.45) is 10.9. The third kappa shape index (κ3) is 4.83. The molecule has 1 saturated heterocycles. The van der Waals surface area contributed by atoms with Crippen molar-refractivity contribution in [3.05, 3.63) is 34.5 Å². The minimum atomic E-state index is -0.790. The molecule has 4 unspecified atom stereocenters. The first-order valence-corrected chi connectivity index (χ1v) is 12.5.